The largest absolute Gasteiger partial charge is 0.346 e. The first kappa shape index (κ1) is 11.6. The molecule has 2 heterocycles. The Balaban J connectivity index is 1.95. The monoisotopic (exact) mass is 222 g/mol. The minimum Gasteiger partial charge on any atom is -0.346 e. The second kappa shape index (κ2) is 5.46. The SMILES string of the molecule is CNCCc1ncc(C2CCCN(C)C2)[nH]1. The van der Waals surface area contributed by atoms with Crippen LogP contribution in [0.5, 0.6) is 0 Å². The Morgan fingerprint density at radius 1 is 1.62 bits per heavy atom. The maximum absolute atomic E-state index is 4.44. The van der Waals surface area contributed by atoms with Gasteiger partial charge in [0.25, 0.3) is 0 Å². The molecule has 0 aliphatic carbocycles. The number of rotatable bonds is 4. The molecule has 1 saturated heterocycles. The van der Waals surface area contributed by atoms with Gasteiger partial charge in [0.2, 0.25) is 0 Å². The summed E-state index contributed by atoms with van der Waals surface area (Å²) in [6.07, 6.45) is 5.60. The van der Waals surface area contributed by atoms with Gasteiger partial charge in [0, 0.05) is 37.3 Å². The molecule has 16 heavy (non-hydrogen) atoms. The first-order chi connectivity index (χ1) is 7.79. The van der Waals surface area contributed by atoms with Gasteiger partial charge < -0.3 is 15.2 Å². The minimum absolute atomic E-state index is 0.648. The normalized spacial score (nSPS) is 22.5. The first-order valence-corrected chi connectivity index (χ1v) is 6.16. The number of nitrogens with zero attached hydrogens (tertiary/aromatic N) is 2. The van der Waals surface area contributed by atoms with Crippen molar-refractivity contribution in [2.24, 2.45) is 0 Å². The molecular formula is C12H22N4. The molecule has 0 bridgehead atoms. The molecule has 1 aliphatic rings. The fourth-order valence-electron chi connectivity index (χ4n) is 2.38. The van der Waals surface area contributed by atoms with Crippen molar-refractivity contribution in [3.05, 3.63) is 17.7 Å². The lowest BCUT2D eigenvalue weighted by molar-refractivity contribution is 0.248. The predicted octanol–water partition coefficient (Wildman–Crippen LogP) is 0.981. The fraction of sp³-hybridized carbons (Fsp3) is 0.750. The highest BCUT2D eigenvalue weighted by Crippen LogP contribution is 2.24. The van der Waals surface area contributed by atoms with Crippen molar-refractivity contribution in [1.82, 2.24) is 20.2 Å². The van der Waals surface area contributed by atoms with Crippen LogP contribution in [0.1, 0.15) is 30.3 Å². The number of nitrogens with one attached hydrogen (secondary N) is 2. The molecule has 1 fully saturated rings. The summed E-state index contributed by atoms with van der Waals surface area (Å²) in [4.78, 5) is 10.3. The zero-order valence-electron chi connectivity index (χ0n) is 10.3. The Morgan fingerprint density at radius 2 is 2.50 bits per heavy atom. The summed E-state index contributed by atoms with van der Waals surface area (Å²) < 4.78 is 0. The van der Waals surface area contributed by atoms with E-state index in [1.54, 1.807) is 0 Å². The summed E-state index contributed by atoms with van der Waals surface area (Å²) in [7, 11) is 4.17. The smallest absolute Gasteiger partial charge is 0.107 e. The Bertz CT molecular complexity index is 321. The molecule has 0 saturated carbocycles. The van der Waals surface area contributed by atoms with E-state index in [4.69, 9.17) is 0 Å². The Hall–Kier alpha value is -0.870. The maximum Gasteiger partial charge on any atom is 0.107 e. The number of piperidine rings is 1. The van der Waals surface area contributed by atoms with Crippen molar-refractivity contribution < 1.29 is 0 Å². The van der Waals surface area contributed by atoms with Gasteiger partial charge in [-0.1, -0.05) is 0 Å². The number of likely N-dealkylation sites (N-methyl/N-ethyl adjacent to an activating group) is 2. The molecule has 4 heteroatoms. The lowest BCUT2D eigenvalue weighted by atomic mass is 9.96. The van der Waals surface area contributed by atoms with Gasteiger partial charge in [0.15, 0.2) is 0 Å². The molecule has 0 amide bonds. The summed E-state index contributed by atoms with van der Waals surface area (Å²) in [5, 5.41) is 3.14. The van der Waals surface area contributed by atoms with E-state index < -0.39 is 0 Å². The fourth-order valence-corrected chi connectivity index (χ4v) is 2.38. The van der Waals surface area contributed by atoms with Crippen LogP contribution in [0.15, 0.2) is 6.20 Å². The van der Waals surface area contributed by atoms with E-state index in [2.05, 4.69) is 27.2 Å². The highest BCUT2D eigenvalue weighted by Gasteiger charge is 2.20. The van der Waals surface area contributed by atoms with Crippen LogP contribution in [0.25, 0.3) is 0 Å². The maximum atomic E-state index is 4.44. The number of hydrogen-bond donors (Lipinski definition) is 2. The molecule has 1 aromatic rings. The highest BCUT2D eigenvalue weighted by molar-refractivity contribution is 5.09. The lowest BCUT2D eigenvalue weighted by Crippen LogP contribution is -2.30. The topological polar surface area (TPSA) is 44.0 Å². The zero-order valence-corrected chi connectivity index (χ0v) is 10.3. The summed E-state index contributed by atoms with van der Waals surface area (Å²) in [5.41, 5.74) is 1.32. The molecular weight excluding hydrogens is 200 g/mol. The van der Waals surface area contributed by atoms with E-state index in [0.29, 0.717) is 5.92 Å². The van der Waals surface area contributed by atoms with Crippen LogP contribution in [0.4, 0.5) is 0 Å². The van der Waals surface area contributed by atoms with E-state index in [-0.39, 0.29) is 0 Å². The van der Waals surface area contributed by atoms with Gasteiger partial charge in [-0.3, -0.25) is 0 Å². The second-order valence-corrected chi connectivity index (χ2v) is 4.74. The van der Waals surface area contributed by atoms with Crippen LogP contribution in [0, 0.1) is 0 Å². The van der Waals surface area contributed by atoms with E-state index in [9.17, 15) is 0 Å². The Kier molecular flexibility index (Phi) is 3.96. The van der Waals surface area contributed by atoms with Crippen LogP contribution >= 0.6 is 0 Å². The van der Waals surface area contributed by atoms with Gasteiger partial charge in [-0.2, -0.15) is 0 Å². The third-order valence-corrected chi connectivity index (χ3v) is 3.32. The standard InChI is InChI=1S/C12H22N4/c1-13-6-5-12-14-8-11(15-12)10-4-3-7-16(2)9-10/h8,10,13H,3-7,9H2,1-2H3,(H,14,15). The molecule has 1 unspecified atom stereocenters. The molecule has 1 aliphatic heterocycles. The molecule has 2 rings (SSSR count). The van der Waals surface area contributed by atoms with Gasteiger partial charge in [-0.25, -0.2) is 4.98 Å². The van der Waals surface area contributed by atoms with Crippen LogP contribution in [-0.2, 0) is 6.42 Å². The molecule has 0 aromatic carbocycles. The van der Waals surface area contributed by atoms with Crippen molar-refractivity contribution in [2.75, 3.05) is 33.7 Å². The van der Waals surface area contributed by atoms with Gasteiger partial charge in [0.1, 0.15) is 5.82 Å². The predicted molar refractivity (Wildman–Crippen MR) is 65.7 cm³/mol. The number of likely N-dealkylation sites (tertiary alicyclic amines) is 1. The van der Waals surface area contributed by atoms with E-state index in [0.717, 1.165) is 25.3 Å². The van der Waals surface area contributed by atoms with Crippen LogP contribution in [-0.4, -0.2) is 48.6 Å². The molecule has 4 nitrogen and oxygen atoms in total. The molecule has 0 spiro atoms. The molecule has 1 atom stereocenters. The number of hydrogen-bond acceptors (Lipinski definition) is 3. The number of aromatic nitrogens is 2. The van der Waals surface area contributed by atoms with Gasteiger partial charge >= 0.3 is 0 Å². The molecule has 2 N–H and O–H groups in total. The lowest BCUT2D eigenvalue weighted by Gasteiger charge is -2.28. The van der Waals surface area contributed by atoms with E-state index >= 15 is 0 Å². The van der Waals surface area contributed by atoms with Crippen LogP contribution < -0.4 is 5.32 Å². The van der Waals surface area contributed by atoms with E-state index in [1.165, 1.54) is 25.1 Å². The van der Waals surface area contributed by atoms with Crippen molar-refractivity contribution in [2.45, 2.75) is 25.2 Å². The second-order valence-electron chi connectivity index (χ2n) is 4.74. The summed E-state index contributed by atoms with van der Waals surface area (Å²) in [6, 6.07) is 0. The van der Waals surface area contributed by atoms with E-state index in [1.807, 2.05) is 13.2 Å². The number of aromatic amines is 1. The van der Waals surface area contributed by atoms with Crippen molar-refractivity contribution in [3.8, 4) is 0 Å². The Labute approximate surface area is 97.4 Å². The van der Waals surface area contributed by atoms with Gasteiger partial charge in [0.05, 0.1) is 0 Å². The van der Waals surface area contributed by atoms with Gasteiger partial charge in [-0.15, -0.1) is 0 Å². The van der Waals surface area contributed by atoms with Crippen molar-refractivity contribution in [1.29, 1.82) is 0 Å². The number of imidazole rings is 1. The summed E-state index contributed by atoms with van der Waals surface area (Å²) >= 11 is 0. The number of H-pyrrole nitrogens is 1. The third-order valence-electron chi connectivity index (χ3n) is 3.32. The molecule has 90 valence electrons. The average Bonchev–Trinajstić information content (AvgIpc) is 2.75. The quantitative estimate of drug-likeness (QED) is 0.798. The summed E-state index contributed by atoms with van der Waals surface area (Å²) in [6.45, 7) is 3.38. The van der Waals surface area contributed by atoms with Gasteiger partial charge in [-0.05, 0) is 33.5 Å². The Morgan fingerprint density at radius 3 is 3.25 bits per heavy atom. The van der Waals surface area contributed by atoms with Crippen LogP contribution in [0.3, 0.4) is 0 Å². The third kappa shape index (κ3) is 2.83. The van der Waals surface area contributed by atoms with Crippen molar-refractivity contribution >= 4 is 0 Å². The average molecular weight is 222 g/mol. The minimum atomic E-state index is 0.648. The zero-order chi connectivity index (χ0) is 11.4. The van der Waals surface area contributed by atoms with Crippen molar-refractivity contribution in [3.63, 3.8) is 0 Å². The summed E-state index contributed by atoms with van der Waals surface area (Å²) in [5.74, 6) is 1.76. The molecule has 0 radical (unpaired) electrons. The highest BCUT2D eigenvalue weighted by atomic mass is 15.1. The van der Waals surface area contributed by atoms with Crippen LogP contribution in [0.2, 0.25) is 0 Å². The molecule has 1 aromatic heterocycles. The first-order valence-electron chi connectivity index (χ1n) is 6.16.